The monoisotopic (exact) mass is 367 g/mol. The average molecular weight is 368 g/mol. The summed E-state index contributed by atoms with van der Waals surface area (Å²) < 4.78 is 1.63. The van der Waals surface area contributed by atoms with Crippen LogP contribution in [0.2, 0.25) is 5.02 Å². The van der Waals surface area contributed by atoms with Gasteiger partial charge in [0.1, 0.15) is 5.75 Å². The third kappa shape index (κ3) is 2.89. The Kier molecular flexibility index (Phi) is 3.85. The second-order valence-electron chi connectivity index (χ2n) is 5.81. The minimum atomic E-state index is -0.316. The van der Waals surface area contributed by atoms with Gasteiger partial charge in [0, 0.05) is 22.7 Å². The first kappa shape index (κ1) is 16.2. The quantitative estimate of drug-likeness (QED) is 0.514. The summed E-state index contributed by atoms with van der Waals surface area (Å²) in [6, 6.07) is 11.9. The van der Waals surface area contributed by atoms with Crippen molar-refractivity contribution >= 4 is 34.2 Å². The van der Waals surface area contributed by atoms with E-state index in [0.29, 0.717) is 33.0 Å². The van der Waals surface area contributed by atoms with Gasteiger partial charge in [-0.25, -0.2) is 4.68 Å². The number of aromatic hydroxyl groups is 1. The number of anilines is 1. The number of nitrogens with zero attached hydrogens (tertiary/aromatic N) is 3. The number of phenols is 1. The molecule has 2 aromatic heterocycles. The summed E-state index contributed by atoms with van der Waals surface area (Å²) in [5.41, 5.74) is 2.47. The second-order valence-corrected chi connectivity index (χ2v) is 6.24. The molecule has 7 nitrogen and oxygen atoms in total. The number of H-pyrrole nitrogens is 1. The summed E-state index contributed by atoms with van der Waals surface area (Å²) in [4.78, 5) is 12.7. The largest absolute Gasteiger partial charge is 0.508 e. The van der Waals surface area contributed by atoms with Crippen LogP contribution in [0.15, 0.2) is 48.7 Å². The van der Waals surface area contributed by atoms with Gasteiger partial charge in [-0.05, 0) is 43.3 Å². The number of rotatable bonds is 3. The molecule has 0 fully saturated rings. The van der Waals surface area contributed by atoms with Crippen LogP contribution < -0.4 is 5.32 Å². The molecule has 0 saturated carbocycles. The van der Waals surface area contributed by atoms with Crippen LogP contribution in [0.4, 0.5) is 5.82 Å². The third-order valence-electron chi connectivity index (χ3n) is 4.01. The average Bonchev–Trinajstić information content (AvgIpc) is 3.19. The Morgan fingerprint density at radius 2 is 2.00 bits per heavy atom. The lowest BCUT2D eigenvalue weighted by Crippen LogP contribution is -2.12. The van der Waals surface area contributed by atoms with Crippen molar-refractivity contribution in [1.29, 1.82) is 0 Å². The van der Waals surface area contributed by atoms with E-state index in [1.54, 1.807) is 42.1 Å². The zero-order valence-corrected chi connectivity index (χ0v) is 14.4. The van der Waals surface area contributed by atoms with Crippen LogP contribution in [0.5, 0.6) is 5.75 Å². The number of carbonyl (C=O) groups excluding carboxylic acids is 1. The van der Waals surface area contributed by atoms with E-state index in [2.05, 4.69) is 20.6 Å². The number of halogens is 1. The number of nitrogens with one attached hydrogen (secondary N) is 2. The molecule has 4 aromatic rings. The van der Waals surface area contributed by atoms with Crippen molar-refractivity contribution in [2.24, 2.45) is 0 Å². The number of benzene rings is 2. The van der Waals surface area contributed by atoms with Crippen LogP contribution in [-0.4, -0.2) is 31.0 Å². The minimum Gasteiger partial charge on any atom is -0.508 e. The van der Waals surface area contributed by atoms with Crippen molar-refractivity contribution in [2.75, 3.05) is 5.32 Å². The van der Waals surface area contributed by atoms with E-state index in [9.17, 15) is 9.90 Å². The maximum absolute atomic E-state index is 12.7. The summed E-state index contributed by atoms with van der Waals surface area (Å²) >= 11 is 5.90. The van der Waals surface area contributed by atoms with Crippen LogP contribution in [0, 0.1) is 6.92 Å². The number of hydrogen-bond acceptors (Lipinski definition) is 4. The summed E-state index contributed by atoms with van der Waals surface area (Å²) in [5, 5.41) is 24.9. The molecule has 0 aliphatic carbocycles. The fraction of sp³-hybridized carbons (Fsp3) is 0.0556. The highest BCUT2D eigenvalue weighted by Crippen LogP contribution is 2.24. The van der Waals surface area contributed by atoms with E-state index < -0.39 is 0 Å². The molecule has 1 amide bonds. The van der Waals surface area contributed by atoms with E-state index in [-0.39, 0.29) is 11.7 Å². The smallest absolute Gasteiger partial charge is 0.260 e. The van der Waals surface area contributed by atoms with Gasteiger partial charge in [0.2, 0.25) is 0 Å². The lowest BCUT2D eigenvalue weighted by atomic mass is 10.2. The molecule has 130 valence electrons. The summed E-state index contributed by atoms with van der Waals surface area (Å²) in [6.45, 7) is 1.77. The predicted octanol–water partition coefficient (Wildman–Crippen LogP) is 3.67. The van der Waals surface area contributed by atoms with Crippen molar-refractivity contribution in [3.05, 3.63) is 64.9 Å². The Morgan fingerprint density at radius 3 is 2.77 bits per heavy atom. The number of phenolic OH excluding ortho intramolecular Hbond substituents is 1. The Bertz CT molecular complexity index is 1110. The number of fused-ring (bicyclic) bond motifs is 1. The fourth-order valence-corrected chi connectivity index (χ4v) is 2.81. The van der Waals surface area contributed by atoms with Gasteiger partial charge in [0.15, 0.2) is 5.82 Å². The predicted molar refractivity (Wildman–Crippen MR) is 99.0 cm³/mol. The van der Waals surface area contributed by atoms with Crippen LogP contribution in [-0.2, 0) is 0 Å². The van der Waals surface area contributed by atoms with Crippen molar-refractivity contribution in [1.82, 2.24) is 20.0 Å². The number of hydrogen-bond donors (Lipinski definition) is 3. The van der Waals surface area contributed by atoms with Gasteiger partial charge in [-0.3, -0.25) is 9.89 Å². The highest BCUT2D eigenvalue weighted by Gasteiger charge is 2.17. The molecule has 0 radical (unpaired) electrons. The standard InChI is InChI=1S/C18H14ClN5O2/c1-10-15(9-24(23-10)12-4-2-11(19)3-5-12)18(26)20-17-14-7-6-13(25)8-16(14)21-22-17/h2-9,25H,1H3,(H2,20,21,22,26). The zero-order chi connectivity index (χ0) is 18.3. The molecule has 0 bridgehead atoms. The molecular formula is C18H14ClN5O2. The van der Waals surface area contributed by atoms with Crippen molar-refractivity contribution in [3.63, 3.8) is 0 Å². The molecule has 8 heteroatoms. The van der Waals surface area contributed by atoms with E-state index in [1.807, 2.05) is 12.1 Å². The molecule has 0 aliphatic heterocycles. The Labute approximate surface area is 153 Å². The fourth-order valence-electron chi connectivity index (χ4n) is 2.69. The molecule has 0 aliphatic rings. The first-order valence-corrected chi connectivity index (χ1v) is 8.20. The topological polar surface area (TPSA) is 95.8 Å². The molecule has 0 saturated heterocycles. The SMILES string of the molecule is Cc1nn(-c2ccc(Cl)cc2)cc1C(=O)Nc1n[nH]c2cc(O)ccc12. The zero-order valence-electron chi connectivity index (χ0n) is 13.7. The first-order valence-electron chi connectivity index (χ1n) is 7.82. The lowest BCUT2D eigenvalue weighted by molar-refractivity contribution is 0.102. The van der Waals surface area contributed by atoms with Gasteiger partial charge in [-0.1, -0.05) is 11.6 Å². The normalized spacial score (nSPS) is 11.0. The molecule has 26 heavy (non-hydrogen) atoms. The summed E-state index contributed by atoms with van der Waals surface area (Å²) in [5.74, 6) is 0.201. The van der Waals surface area contributed by atoms with E-state index in [4.69, 9.17) is 11.6 Å². The molecule has 0 atom stereocenters. The number of aryl methyl sites for hydroxylation is 1. The molecule has 3 N–H and O–H groups in total. The number of aromatic nitrogens is 4. The van der Waals surface area contributed by atoms with Crippen LogP contribution in [0.3, 0.4) is 0 Å². The summed E-state index contributed by atoms with van der Waals surface area (Å²) in [6.07, 6.45) is 1.66. The lowest BCUT2D eigenvalue weighted by Gasteiger charge is -2.01. The molecule has 2 aromatic carbocycles. The van der Waals surface area contributed by atoms with Crippen molar-refractivity contribution < 1.29 is 9.90 Å². The van der Waals surface area contributed by atoms with Crippen molar-refractivity contribution in [2.45, 2.75) is 6.92 Å². The maximum atomic E-state index is 12.7. The molecule has 4 rings (SSSR count). The highest BCUT2D eigenvalue weighted by atomic mass is 35.5. The molecule has 2 heterocycles. The van der Waals surface area contributed by atoms with Crippen LogP contribution in [0.25, 0.3) is 16.6 Å². The van der Waals surface area contributed by atoms with Gasteiger partial charge in [-0.2, -0.15) is 10.2 Å². The van der Waals surface area contributed by atoms with Gasteiger partial charge < -0.3 is 10.4 Å². The van der Waals surface area contributed by atoms with Gasteiger partial charge in [-0.15, -0.1) is 0 Å². The van der Waals surface area contributed by atoms with Crippen LogP contribution >= 0.6 is 11.6 Å². The van der Waals surface area contributed by atoms with Gasteiger partial charge in [0.05, 0.1) is 22.5 Å². The maximum Gasteiger partial charge on any atom is 0.260 e. The Morgan fingerprint density at radius 1 is 1.23 bits per heavy atom. The molecule has 0 spiro atoms. The second kappa shape index (κ2) is 6.20. The summed E-state index contributed by atoms with van der Waals surface area (Å²) in [7, 11) is 0. The van der Waals surface area contributed by atoms with E-state index in [0.717, 1.165) is 5.69 Å². The number of amides is 1. The number of carbonyl (C=O) groups is 1. The van der Waals surface area contributed by atoms with Gasteiger partial charge in [0.25, 0.3) is 5.91 Å². The number of aromatic amines is 1. The third-order valence-corrected chi connectivity index (χ3v) is 4.27. The highest BCUT2D eigenvalue weighted by molar-refractivity contribution is 6.30. The van der Waals surface area contributed by atoms with Crippen LogP contribution in [0.1, 0.15) is 16.1 Å². The Balaban J connectivity index is 1.63. The minimum absolute atomic E-state index is 0.124. The van der Waals surface area contributed by atoms with E-state index in [1.165, 1.54) is 6.07 Å². The first-order chi connectivity index (χ1) is 12.5. The molecule has 0 unspecified atom stereocenters. The Hall–Kier alpha value is -3.32. The molecular weight excluding hydrogens is 354 g/mol. The van der Waals surface area contributed by atoms with E-state index >= 15 is 0 Å². The van der Waals surface area contributed by atoms with Crippen molar-refractivity contribution in [3.8, 4) is 11.4 Å². The van der Waals surface area contributed by atoms with Gasteiger partial charge >= 0.3 is 0 Å².